The van der Waals surface area contributed by atoms with Gasteiger partial charge in [0, 0.05) is 39.7 Å². The Hall–Kier alpha value is -2.61. The van der Waals surface area contributed by atoms with E-state index in [0.717, 1.165) is 62.5 Å². The first-order valence-corrected chi connectivity index (χ1v) is 10.1. The summed E-state index contributed by atoms with van der Waals surface area (Å²) < 4.78 is 12.7. The molecule has 3 rings (SSSR count). The molecule has 158 valence electrons. The number of ether oxygens (including phenoxy) is 2. The van der Waals surface area contributed by atoms with Crippen LogP contribution in [0.25, 0.3) is 0 Å². The first kappa shape index (κ1) is 21.1. The largest absolute Gasteiger partial charge is 0.497 e. The van der Waals surface area contributed by atoms with Crippen LogP contribution in [0.2, 0.25) is 0 Å². The number of methoxy groups -OCH3 is 1. The molecule has 0 radical (unpaired) electrons. The Morgan fingerprint density at radius 2 is 2.14 bits per heavy atom. The van der Waals surface area contributed by atoms with E-state index >= 15 is 0 Å². The monoisotopic (exact) mass is 400 g/mol. The second-order valence-corrected chi connectivity index (χ2v) is 7.50. The number of benzene rings is 1. The Labute approximate surface area is 172 Å². The summed E-state index contributed by atoms with van der Waals surface area (Å²) in [6.45, 7) is 5.84. The maximum atomic E-state index is 5.52. The molecular weight excluding hydrogens is 368 g/mol. The van der Waals surface area contributed by atoms with E-state index in [1.807, 2.05) is 30.7 Å². The normalized spacial score (nSPS) is 16.8. The number of guanidine groups is 1. The van der Waals surface area contributed by atoms with Gasteiger partial charge in [-0.15, -0.1) is 10.2 Å². The van der Waals surface area contributed by atoms with Gasteiger partial charge in [0.25, 0.3) is 0 Å². The van der Waals surface area contributed by atoms with Gasteiger partial charge < -0.3 is 24.3 Å². The SMILES string of the molecule is COc1ccc(CCNC(=NCc2nnc(C)n2C)N(C)CC2CCOC2)cc1. The van der Waals surface area contributed by atoms with E-state index in [9.17, 15) is 0 Å². The van der Waals surface area contributed by atoms with Gasteiger partial charge in [-0.1, -0.05) is 12.1 Å². The van der Waals surface area contributed by atoms with Crippen LogP contribution < -0.4 is 10.1 Å². The Bertz CT molecular complexity index is 796. The van der Waals surface area contributed by atoms with Gasteiger partial charge in [-0.3, -0.25) is 0 Å². The van der Waals surface area contributed by atoms with Gasteiger partial charge >= 0.3 is 0 Å². The van der Waals surface area contributed by atoms with Crippen molar-refractivity contribution in [3.8, 4) is 5.75 Å². The van der Waals surface area contributed by atoms with Crippen LogP contribution in [-0.2, 0) is 24.8 Å². The summed E-state index contributed by atoms with van der Waals surface area (Å²) in [6.07, 6.45) is 2.01. The highest BCUT2D eigenvalue weighted by molar-refractivity contribution is 5.79. The van der Waals surface area contributed by atoms with E-state index in [2.05, 4.69) is 39.6 Å². The molecule has 1 aromatic heterocycles. The summed E-state index contributed by atoms with van der Waals surface area (Å²) in [4.78, 5) is 7.01. The molecule has 1 unspecified atom stereocenters. The van der Waals surface area contributed by atoms with E-state index in [1.165, 1.54) is 5.56 Å². The predicted octanol–water partition coefficient (Wildman–Crippen LogP) is 1.79. The van der Waals surface area contributed by atoms with Crippen LogP contribution in [0.4, 0.5) is 0 Å². The van der Waals surface area contributed by atoms with E-state index in [0.29, 0.717) is 12.5 Å². The quantitative estimate of drug-likeness (QED) is 0.538. The number of hydrogen-bond donors (Lipinski definition) is 1. The fourth-order valence-corrected chi connectivity index (χ4v) is 3.36. The van der Waals surface area contributed by atoms with Gasteiger partial charge in [0.1, 0.15) is 18.1 Å². The van der Waals surface area contributed by atoms with Crippen LogP contribution in [0.5, 0.6) is 5.75 Å². The number of hydrogen-bond acceptors (Lipinski definition) is 5. The van der Waals surface area contributed by atoms with Gasteiger partial charge in [-0.25, -0.2) is 4.99 Å². The molecule has 0 bridgehead atoms. The van der Waals surface area contributed by atoms with Crippen LogP contribution in [0.15, 0.2) is 29.3 Å². The molecule has 29 heavy (non-hydrogen) atoms. The van der Waals surface area contributed by atoms with Crippen molar-refractivity contribution in [3.63, 3.8) is 0 Å². The predicted molar refractivity (Wildman–Crippen MR) is 113 cm³/mol. The van der Waals surface area contributed by atoms with Crippen molar-refractivity contribution in [1.82, 2.24) is 25.0 Å². The van der Waals surface area contributed by atoms with Crippen LogP contribution >= 0.6 is 0 Å². The Morgan fingerprint density at radius 1 is 1.34 bits per heavy atom. The van der Waals surface area contributed by atoms with Crippen molar-refractivity contribution in [1.29, 1.82) is 0 Å². The zero-order chi connectivity index (χ0) is 20.6. The van der Waals surface area contributed by atoms with Gasteiger partial charge in [0.15, 0.2) is 11.8 Å². The lowest BCUT2D eigenvalue weighted by Gasteiger charge is -2.25. The van der Waals surface area contributed by atoms with E-state index in [1.54, 1.807) is 7.11 Å². The lowest BCUT2D eigenvalue weighted by Crippen LogP contribution is -2.42. The number of nitrogens with zero attached hydrogens (tertiary/aromatic N) is 5. The number of aryl methyl sites for hydroxylation is 1. The average molecular weight is 401 g/mol. The number of rotatable bonds is 8. The first-order chi connectivity index (χ1) is 14.1. The Morgan fingerprint density at radius 3 is 2.76 bits per heavy atom. The summed E-state index contributed by atoms with van der Waals surface area (Å²) in [5.41, 5.74) is 1.26. The van der Waals surface area contributed by atoms with Gasteiger partial charge in [0.2, 0.25) is 0 Å². The average Bonchev–Trinajstić information content (AvgIpc) is 3.35. The molecule has 2 aromatic rings. The minimum atomic E-state index is 0.494. The minimum Gasteiger partial charge on any atom is -0.497 e. The molecule has 1 saturated heterocycles. The van der Waals surface area contributed by atoms with Crippen LogP contribution in [-0.4, -0.2) is 66.1 Å². The molecule has 1 fully saturated rings. The maximum Gasteiger partial charge on any atom is 0.194 e. The second kappa shape index (κ2) is 10.2. The molecule has 1 N–H and O–H groups in total. The molecule has 1 atom stereocenters. The van der Waals surface area contributed by atoms with Gasteiger partial charge in [-0.05, 0) is 37.5 Å². The Balaban J connectivity index is 1.62. The molecule has 0 aliphatic carbocycles. The molecule has 1 aliphatic rings. The maximum absolute atomic E-state index is 5.52. The second-order valence-electron chi connectivity index (χ2n) is 7.50. The highest BCUT2D eigenvalue weighted by atomic mass is 16.5. The molecular formula is C21H32N6O2. The third-order valence-corrected chi connectivity index (χ3v) is 5.33. The van der Waals surface area contributed by atoms with Crippen molar-refractivity contribution >= 4 is 5.96 Å². The smallest absolute Gasteiger partial charge is 0.194 e. The van der Waals surface area contributed by atoms with Crippen molar-refractivity contribution in [2.24, 2.45) is 18.0 Å². The lowest BCUT2D eigenvalue weighted by molar-refractivity contribution is 0.181. The molecule has 8 heteroatoms. The van der Waals surface area contributed by atoms with Crippen molar-refractivity contribution < 1.29 is 9.47 Å². The van der Waals surface area contributed by atoms with E-state index in [4.69, 9.17) is 14.5 Å². The topological polar surface area (TPSA) is 76.8 Å². The Kier molecular flexibility index (Phi) is 7.46. The zero-order valence-electron chi connectivity index (χ0n) is 17.9. The number of aliphatic imine (C=N–C) groups is 1. The van der Waals surface area contributed by atoms with Crippen molar-refractivity contribution in [2.45, 2.75) is 26.3 Å². The van der Waals surface area contributed by atoms with Crippen LogP contribution in [0, 0.1) is 12.8 Å². The fraction of sp³-hybridized carbons (Fsp3) is 0.571. The molecule has 2 heterocycles. The summed E-state index contributed by atoms with van der Waals surface area (Å²) >= 11 is 0. The van der Waals surface area contributed by atoms with Crippen LogP contribution in [0.3, 0.4) is 0 Å². The molecule has 1 aromatic carbocycles. The van der Waals surface area contributed by atoms with Crippen LogP contribution in [0.1, 0.15) is 23.6 Å². The summed E-state index contributed by atoms with van der Waals surface area (Å²) in [5, 5.41) is 11.9. The standard InChI is InChI=1S/C21H32N6O2/c1-16-24-25-20(27(16)3)13-23-21(26(2)14-18-10-12-29-15-18)22-11-9-17-5-7-19(28-4)8-6-17/h5-8,18H,9-15H2,1-4H3,(H,22,23). The lowest BCUT2D eigenvalue weighted by atomic mass is 10.1. The summed E-state index contributed by atoms with van der Waals surface area (Å²) in [7, 11) is 5.74. The molecule has 0 saturated carbocycles. The van der Waals surface area contributed by atoms with Crippen molar-refractivity contribution in [3.05, 3.63) is 41.5 Å². The highest BCUT2D eigenvalue weighted by Crippen LogP contribution is 2.14. The number of nitrogens with one attached hydrogen (secondary N) is 1. The van der Waals surface area contributed by atoms with Crippen molar-refractivity contribution in [2.75, 3.05) is 40.5 Å². The first-order valence-electron chi connectivity index (χ1n) is 10.1. The number of aromatic nitrogens is 3. The highest BCUT2D eigenvalue weighted by Gasteiger charge is 2.19. The molecule has 8 nitrogen and oxygen atoms in total. The van der Waals surface area contributed by atoms with E-state index in [-0.39, 0.29) is 0 Å². The fourth-order valence-electron chi connectivity index (χ4n) is 3.36. The van der Waals surface area contributed by atoms with Gasteiger partial charge in [-0.2, -0.15) is 0 Å². The summed E-state index contributed by atoms with van der Waals surface area (Å²) in [5.74, 6) is 4.05. The molecule has 1 aliphatic heterocycles. The zero-order valence-corrected chi connectivity index (χ0v) is 17.9. The van der Waals surface area contributed by atoms with E-state index < -0.39 is 0 Å². The minimum absolute atomic E-state index is 0.494. The third-order valence-electron chi connectivity index (χ3n) is 5.33. The molecule has 0 amide bonds. The van der Waals surface area contributed by atoms with Gasteiger partial charge in [0.05, 0.1) is 13.7 Å². The third kappa shape index (κ3) is 5.93. The molecule has 0 spiro atoms. The summed E-state index contributed by atoms with van der Waals surface area (Å²) in [6, 6.07) is 8.18.